The Hall–Kier alpha value is -1.29. The summed E-state index contributed by atoms with van der Waals surface area (Å²) < 4.78 is 0. The van der Waals surface area contributed by atoms with E-state index in [0.29, 0.717) is 6.42 Å². The zero-order valence-electron chi connectivity index (χ0n) is 7.25. The second kappa shape index (κ2) is 9.71. The minimum atomic E-state index is 0.673. The summed E-state index contributed by atoms with van der Waals surface area (Å²) in [7, 11) is 0. The fourth-order valence-corrected chi connectivity index (χ4v) is 0.739. The highest BCUT2D eigenvalue weighted by Gasteiger charge is 1.82. The number of hydrogen-bond acceptors (Lipinski definition) is 1. The first kappa shape index (κ1) is 10.7. The van der Waals surface area contributed by atoms with Crippen LogP contribution >= 0.6 is 0 Å². The Morgan fingerprint density at radius 1 is 1.17 bits per heavy atom. The summed E-state index contributed by atoms with van der Waals surface area (Å²) in [5, 5.41) is 0. The predicted molar refractivity (Wildman–Crippen MR) is 51.6 cm³/mol. The first-order chi connectivity index (χ1) is 5.91. The van der Waals surface area contributed by atoms with Gasteiger partial charge in [0.1, 0.15) is 6.29 Å². The van der Waals surface area contributed by atoms with Crippen LogP contribution < -0.4 is 0 Å². The van der Waals surface area contributed by atoms with Crippen LogP contribution in [0.4, 0.5) is 0 Å². The van der Waals surface area contributed by atoms with E-state index in [9.17, 15) is 4.79 Å². The first-order valence-corrected chi connectivity index (χ1v) is 4.12. The van der Waals surface area contributed by atoms with E-state index in [-0.39, 0.29) is 0 Å². The van der Waals surface area contributed by atoms with Gasteiger partial charge in [0.15, 0.2) is 0 Å². The molecular formula is C11H14O. The molecule has 0 aliphatic rings. The normalized spacial score (nSPS) is 9.00. The molecule has 0 rings (SSSR count). The third-order valence-electron chi connectivity index (χ3n) is 1.33. The number of unbranched alkanes of at least 4 members (excludes halogenated alkanes) is 3. The van der Waals surface area contributed by atoms with Crippen molar-refractivity contribution in [1.29, 1.82) is 0 Å². The van der Waals surface area contributed by atoms with E-state index in [1.807, 2.05) is 12.2 Å². The molecule has 0 aromatic heterocycles. The highest BCUT2D eigenvalue weighted by atomic mass is 16.1. The lowest BCUT2D eigenvalue weighted by atomic mass is 10.2. The van der Waals surface area contributed by atoms with Crippen LogP contribution in [0.2, 0.25) is 0 Å². The number of allylic oxidation sites excluding steroid dienone is 3. The third kappa shape index (κ3) is 8.71. The molecule has 0 unspecified atom stereocenters. The van der Waals surface area contributed by atoms with E-state index in [4.69, 9.17) is 0 Å². The Balaban J connectivity index is 3.24. The first-order valence-electron chi connectivity index (χ1n) is 4.12. The molecule has 0 spiro atoms. The Morgan fingerprint density at radius 2 is 1.92 bits per heavy atom. The van der Waals surface area contributed by atoms with Gasteiger partial charge in [-0.3, -0.25) is 0 Å². The minimum Gasteiger partial charge on any atom is -0.303 e. The molecule has 0 aliphatic carbocycles. The maximum absolute atomic E-state index is 9.93. The monoisotopic (exact) mass is 162 g/mol. The molecule has 0 saturated heterocycles. The molecule has 0 aliphatic heterocycles. The summed E-state index contributed by atoms with van der Waals surface area (Å²) in [6.07, 6.45) is 10.1. The van der Waals surface area contributed by atoms with Crippen molar-refractivity contribution in [1.82, 2.24) is 0 Å². The fraction of sp³-hybridized carbons (Fsp3) is 0.364. The van der Waals surface area contributed by atoms with Gasteiger partial charge < -0.3 is 4.79 Å². The Morgan fingerprint density at radius 3 is 2.58 bits per heavy atom. The number of carbonyl (C=O) groups excluding carboxylic acids is 1. The summed E-state index contributed by atoms with van der Waals surface area (Å²) in [4.78, 5) is 9.93. The topological polar surface area (TPSA) is 17.1 Å². The number of carbonyl (C=O) groups is 1. The van der Waals surface area contributed by atoms with E-state index < -0.39 is 0 Å². The maximum atomic E-state index is 9.93. The molecular weight excluding hydrogens is 148 g/mol. The highest BCUT2D eigenvalue weighted by Crippen LogP contribution is 1.98. The Kier molecular flexibility index (Phi) is 8.67. The molecule has 0 amide bonds. The van der Waals surface area contributed by atoms with E-state index in [0.717, 1.165) is 25.5 Å². The number of aldehydes is 1. The standard InChI is InChI=1S/C11H14O/c1-2-3-4-5-6-7-8-9-10-11-12/h2,5-6,11H,1,7-10H2/b6-5+. The maximum Gasteiger partial charge on any atom is 0.119 e. The van der Waals surface area contributed by atoms with E-state index in [2.05, 4.69) is 18.4 Å². The summed E-state index contributed by atoms with van der Waals surface area (Å²) in [6, 6.07) is 0. The van der Waals surface area contributed by atoms with Crippen molar-refractivity contribution in [2.45, 2.75) is 25.7 Å². The van der Waals surface area contributed by atoms with Gasteiger partial charge in [0.2, 0.25) is 0 Å². The van der Waals surface area contributed by atoms with Crippen molar-refractivity contribution < 1.29 is 4.79 Å². The molecule has 0 heterocycles. The highest BCUT2D eigenvalue weighted by molar-refractivity contribution is 5.48. The third-order valence-corrected chi connectivity index (χ3v) is 1.33. The van der Waals surface area contributed by atoms with E-state index in [1.54, 1.807) is 6.08 Å². The molecule has 1 nitrogen and oxygen atoms in total. The molecule has 0 aromatic carbocycles. The molecule has 1 heteroatoms. The molecule has 0 N–H and O–H groups in total. The van der Waals surface area contributed by atoms with Crippen LogP contribution in [0.1, 0.15) is 25.7 Å². The number of rotatable bonds is 5. The van der Waals surface area contributed by atoms with Crippen molar-refractivity contribution in [3.8, 4) is 11.8 Å². The molecule has 64 valence electrons. The largest absolute Gasteiger partial charge is 0.303 e. The molecule has 0 fully saturated rings. The van der Waals surface area contributed by atoms with Gasteiger partial charge in [-0.05, 0) is 31.4 Å². The van der Waals surface area contributed by atoms with Crippen LogP contribution in [-0.2, 0) is 4.79 Å². The minimum absolute atomic E-state index is 0.673. The van der Waals surface area contributed by atoms with Crippen LogP contribution in [0.25, 0.3) is 0 Å². The van der Waals surface area contributed by atoms with Gasteiger partial charge in [-0.25, -0.2) is 0 Å². The fourth-order valence-electron chi connectivity index (χ4n) is 0.739. The SMILES string of the molecule is C=CC#C/C=C/CCCCC=O. The second-order valence-corrected chi connectivity index (χ2v) is 2.35. The molecule has 0 aromatic rings. The van der Waals surface area contributed by atoms with Gasteiger partial charge in [-0.2, -0.15) is 0 Å². The van der Waals surface area contributed by atoms with Gasteiger partial charge in [-0.1, -0.05) is 24.5 Å². The average Bonchev–Trinajstić information content (AvgIpc) is 2.10. The van der Waals surface area contributed by atoms with Gasteiger partial charge in [0, 0.05) is 6.42 Å². The van der Waals surface area contributed by atoms with E-state index in [1.165, 1.54) is 0 Å². The van der Waals surface area contributed by atoms with Crippen LogP contribution in [-0.4, -0.2) is 6.29 Å². The lowest BCUT2D eigenvalue weighted by Gasteiger charge is -1.88. The van der Waals surface area contributed by atoms with Gasteiger partial charge in [0.05, 0.1) is 0 Å². The summed E-state index contributed by atoms with van der Waals surface area (Å²) in [6.45, 7) is 3.47. The smallest absolute Gasteiger partial charge is 0.119 e. The second-order valence-electron chi connectivity index (χ2n) is 2.35. The molecule has 0 bridgehead atoms. The van der Waals surface area contributed by atoms with Gasteiger partial charge >= 0.3 is 0 Å². The summed E-state index contributed by atoms with van der Waals surface area (Å²) in [5.74, 6) is 5.53. The quantitative estimate of drug-likeness (QED) is 0.345. The summed E-state index contributed by atoms with van der Waals surface area (Å²) in [5.41, 5.74) is 0. The predicted octanol–water partition coefficient (Wildman–Crippen LogP) is 2.49. The Labute approximate surface area is 74.2 Å². The molecule has 12 heavy (non-hydrogen) atoms. The Bertz CT molecular complexity index is 203. The van der Waals surface area contributed by atoms with Crippen LogP contribution in [0.15, 0.2) is 24.8 Å². The van der Waals surface area contributed by atoms with Crippen molar-refractivity contribution in [2.75, 3.05) is 0 Å². The van der Waals surface area contributed by atoms with Crippen molar-refractivity contribution in [2.24, 2.45) is 0 Å². The van der Waals surface area contributed by atoms with Crippen LogP contribution in [0, 0.1) is 11.8 Å². The average molecular weight is 162 g/mol. The molecule has 0 saturated carbocycles. The van der Waals surface area contributed by atoms with Gasteiger partial charge in [-0.15, -0.1) is 0 Å². The van der Waals surface area contributed by atoms with Crippen molar-refractivity contribution >= 4 is 6.29 Å². The summed E-state index contributed by atoms with van der Waals surface area (Å²) >= 11 is 0. The number of hydrogen-bond donors (Lipinski definition) is 0. The molecule has 0 atom stereocenters. The van der Waals surface area contributed by atoms with Crippen LogP contribution in [0.5, 0.6) is 0 Å². The van der Waals surface area contributed by atoms with Crippen molar-refractivity contribution in [3.05, 3.63) is 24.8 Å². The van der Waals surface area contributed by atoms with Crippen molar-refractivity contribution in [3.63, 3.8) is 0 Å². The van der Waals surface area contributed by atoms with E-state index >= 15 is 0 Å². The molecule has 0 radical (unpaired) electrons. The lowest BCUT2D eigenvalue weighted by Crippen LogP contribution is -1.75. The van der Waals surface area contributed by atoms with Gasteiger partial charge in [0.25, 0.3) is 0 Å². The lowest BCUT2D eigenvalue weighted by molar-refractivity contribution is -0.107. The zero-order valence-corrected chi connectivity index (χ0v) is 7.25. The van der Waals surface area contributed by atoms with Crippen LogP contribution in [0.3, 0.4) is 0 Å². The zero-order chi connectivity index (χ0) is 9.07.